The fourth-order valence-corrected chi connectivity index (χ4v) is 3.95. The maximum Gasteiger partial charge on any atom is 0.280 e. The minimum Gasteiger partial charge on any atom is -0.292 e. The number of nitrogens with zero attached hydrogens (tertiary/aromatic N) is 2. The molecular formula is C23H13Cl3N2O4. The smallest absolute Gasteiger partial charge is 0.280 e. The molecule has 0 radical (unpaired) electrons. The van der Waals surface area contributed by atoms with Gasteiger partial charge in [-0.2, -0.15) is 5.01 Å². The molecule has 0 fully saturated rings. The number of amides is 3. The van der Waals surface area contributed by atoms with Crippen molar-refractivity contribution in [3.63, 3.8) is 0 Å². The molecule has 0 aromatic heterocycles. The Morgan fingerprint density at radius 1 is 0.781 bits per heavy atom. The van der Waals surface area contributed by atoms with Crippen molar-refractivity contribution in [1.82, 2.24) is 10.0 Å². The zero-order valence-electron chi connectivity index (χ0n) is 16.2. The Hall–Kier alpha value is -3.19. The largest absolute Gasteiger partial charge is 0.292 e. The molecule has 1 heterocycles. The first-order valence-electron chi connectivity index (χ1n) is 9.31. The highest BCUT2D eigenvalue weighted by atomic mass is 35.5. The average molecular weight is 488 g/mol. The summed E-state index contributed by atoms with van der Waals surface area (Å²) < 4.78 is 0. The van der Waals surface area contributed by atoms with Crippen LogP contribution in [0.25, 0.3) is 0 Å². The third kappa shape index (κ3) is 4.00. The van der Waals surface area contributed by atoms with Gasteiger partial charge < -0.3 is 0 Å². The Morgan fingerprint density at radius 2 is 1.34 bits per heavy atom. The first-order chi connectivity index (χ1) is 15.3. The molecule has 0 bridgehead atoms. The summed E-state index contributed by atoms with van der Waals surface area (Å²) in [4.78, 5) is 52.4. The van der Waals surface area contributed by atoms with Crippen molar-refractivity contribution in [2.75, 3.05) is 6.54 Å². The van der Waals surface area contributed by atoms with Crippen molar-refractivity contribution in [2.45, 2.75) is 0 Å². The van der Waals surface area contributed by atoms with Crippen LogP contribution in [0.4, 0.5) is 0 Å². The second-order valence-corrected chi connectivity index (χ2v) is 8.16. The molecule has 32 heavy (non-hydrogen) atoms. The van der Waals surface area contributed by atoms with E-state index in [4.69, 9.17) is 34.8 Å². The number of rotatable bonds is 5. The first kappa shape index (κ1) is 22.0. The van der Waals surface area contributed by atoms with Crippen LogP contribution in [0, 0.1) is 0 Å². The summed E-state index contributed by atoms with van der Waals surface area (Å²) in [5.74, 6) is -2.72. The van der Waals surface area contributed by atoms with Gasteiger partial charge in [0.1, 0.15) is 6.54 Å². The molecule has 1 aliphatic heterocycles. The Balaban J connectivity index is 1.74. The van der Waals surface area contributed by atoms with Crippen LogP contribution in [0.5, 0.6) is 0 Å². The lowest BCUT2D eigenvalue weighted by atomic mass is 10.1. The molecule has 6 nitrogen and oxygen atoms in total. The van der Waals surface area contributed by atoms with E-state index >= 15 is 0 Å². The SMILES string of the molecule is O=C(CN(C(=O)c1ccc(Cl)cc1)N1C(=O)c2ccccc2C1=O)c1ccc(Cl)cc1Cl. The van der Waals surface area contributed by atoms with Crippen molar-refractivity contribution < 1.29 is 19.2 Å². The highest BCUT2D eigenvalue weighted by Crippen LogP contribution is 2.27. The molecule has 3 aromatic carbocycles. The number of ketones is 1. The Kier molecular flexibility index (Phi) is 6.02. The number of imide groups is 1. The molecule has 0 spiro atoms. The minimum absolute atomic E-state index is 0.0868. The van der Waals surface area contributed by atoms with Gasteiger partial charge >= 0.3 is 0 Å². The quantitative estimate of drug-likeness (QED) is 0.367. The van der Waals surface area contributed by atoms with Gasteiger partial charge in [-0.3, -0.25) is 19.2 Å². The summed E-state index contributed by atoms with van der Waals surface area (Å²) in [5.41, 5.74) is 0.523. The average Bonchev–Trinajstić information content (AvgIpc) is 3.02. The molecular weight excluding hydrogens is 475 g/mol. The topological polar surface area (TPSA) is 74.8 Å². The predicted molar refractivity (Wildman–Crippen MR) is 120 cm³/mol. The summed E-state index contributed by atoms with van der Waals surface area (Å²) in [6.07, 6.45) is 0. The van der Waals surface area contributed by atoms with Gasteiger partial charge in [0, 0.05) is 21.2 Å². The second-order valence-electron chi connectivity index (χ2n) is 6.88. The van der Waals surface area contributed by atoms with Gasteiger partial charge in [0.25, 0.3) is 17.7 Å². The summed E-state index contributed by atoms with van der Waals surface area (Å²) in [7, 11) is 0. The maximum atomic E-state index is 13.3. The van der Waals surface area contributed by atoms with E-state index in [9.17, 15) is 19.2 Å². The van der Waals surface area contributed by atoms with Crippen LogP contribution < -0.4 is 0 Å². The van der Waals surface area contributed by atoms with Crippen LogP contribution in [-0.4, -0.2) is 40.1 Å². The molecule has 0 saturated carbocycles. The minimum atomic E-state index is -0.727. The van der Waals surface area contributed by atoms with Crippen LogP contribution in [0.2, 0.25) is 15.1 Å². The molecule has 3 aromatic rings. The van der Waals surface area contributed by atoms with Crippen molar-refractivity contribution in [1.29, 1.82) is 0 Å². The maximum absolute atomic E-state index is 13.3. The zero-order chi connectivity index (χ0) is 23.0. The van der Waals surface area contributed by atoms with Gasteiger partial charge in [-0.25, -0.2) is 5.01 Å². The van der Waals surface area contributed by atoms with Crippen molar-refractivity contribution in [3.8, 4) is 0 Å². The van der Waals surface area contributed by atoms with Gasteiger partial charge in [-0.15, -0.1) is 0 Å². The second kappa shape index (κ2) is 8.74. The van der Waals surface area contributed by atoms with E-state index in [1.165, 1.54) is 54.6 Å². The lowest BCUT2D eigenvalue weighted by molar-refractivity contribution is 0.00532. The highest BCUT2D eigenvalue weighted by Gasteiger charge is 2.42. The number of benzene rings is 3. The standard InChI is InChI=1S/C23H13Cl3N2O4/c24-14-7-5-13(6-8-14)21(30)27(12-20(29)18-10-9-15(25)11-19(18)26)28-22(31)16-3-1-2-4-17(16)23(28)32/h1-11H,12H2. The molecule has 9 heteroatoms. The summed E-state index contributed by atoms with van der Waals surface area (Å²) in [5, 5.41) is 2.33. The normalized spacial score (nSPS) is 12.7. The number of Topliss-reactive ketones (excluding diaryl/α,β-unsaturated/α-hetero) is 1. The number of hydrogen-bond donors (Lipinski definition) is 0. The van der Waals surface area contributed by atoms with Crippen molar-refractivity contribution in [3.05, 3.63) is 104 Å². The number of carbonyl (C=O) groups is 4. The van der Waals surface area contributed by atoms with E-state index in [2.05, 4.69) is 0 Å². The predicted octanol–water partition coefficient (Wildman–Crippen LogP) is 5.18. The molecule has 0 aliphatic carbocycles. The van der Waals surface area contributed by atoms with Crippen LogP contribution in [-0.2, 0) is 0 Å². The Bertz CT molecular complexity index is 1240. The molecule has 3 amide bonds. The fourth-order valence-electron chi connectivity index (χ4n) is 3.31. The molecule has 0 saturated heterocycles. The molecule has 0 atom stereocenters. The number of hydrogen-bond acceptors (Lipinski definition) is 4. The molecule has 0 unspecified atom stereocenters. The monoisotopic (exact) mass is 486 g/mol. The van der Waals surface area contributed by atoms with E-state index in [0.717, 1.165) is 5.01 Å². The van der Waals surface area contributed by atoms with Gasteiger partial charge in [0.05, 0.1) is 16.1 Å². The lowest BCUT2D eigenvalue weighted by Crippen LogP contribution is -2.51. The fraction of sp³-hybridized carbons (Fsp3) is 0.0435. The van der Waals surface area contributed by atoms with Crippen LogP contribution in [0.3, 0.4) is 0 Å². The van der Waals surface area contributed by atoms with Crippen LogP contribution in [0.1, 0.15) is 41.4 Å². The Labute approximate surface area is 197 Å². The van der Waals surface area contributed by atoms with Gasteiger partial charge in [-0.05, 0) is 54.6 Å². The van der Waals surface area contributed by atoms with Gasteiger partial charge in [-0.1, -0.05) is 46.9 Å². The van der Waals surface area contributed by atoms with E-state index in [-0.39, 0.29) is 27.3 Å². The summed E-state index contributed by atoms with van der Waals surface area (Å²) >= 11 is 17.9. The van der Waals surface area contributed by atoms with Crippen molar-refractivity contribution >= 4 is 58.3 Å². The zero-order valence-corrected chi connectivity index (χ0v) is 18.5. The molecule has 4 rings (SSSR count). The van der Waals surface area contributed by atoms with Crippen LogP contribution >= 0.6 is 34.8 Å². The molecule has 0 N–H and O–H groups in total. The highest BCUT2D eigenvalue weighted by molar-refractivity contribution is 6.37. The third-order valence-corrected chi connectivity index (χ3v) is 5.66. The summed E-state index contributed by atoms with van der Waals surface area (Å²) in [6, 6.07) is 16.3. The van der Waals surface area contributed by atoms with Crippen molar-refractivity contribution in [2.24, 2.45) is 0 Å². The van der Waals surface area contributed by atoms with Gasteiger partial charge in [0.2, 0.25) is 0 Å². The van der Waals surface area contributed by atoms with E-state index in [0.29, 0.717) is 15.1 Å². The number of halogens is 3. The number of fused-ring (bicyclic) bond motifs is 1. The van der Waals surface area contributed by atoms with Crippen LogP contribution in [0.15, 0.2) is 66.7 Å². The Morgan fingerprint density at radius 3 is 1.91 bits per heavy atom. The van der Waals surface area contributed by atoms with E-state index in [1.807, 2.05) is 0 Å². The van der Waals surface area contributed by atoms with Gasteiger partial charge in [0.15, 0.2) is 5.78 Å². The first-order valence-corrected chi connectivity index (χ1v) is 10.4. The van der Waals surface area contributed by atoms with E-state index < -0.39 is 30.0 Å². The molecule has 160 valence electrons. The van der Waals surface area contributed by atoms with E-state index in [1.54, 1.807) is 12.1 Å². The molecule has 1 aliphatic rings. The third-order valence-electron chi connectivity index (χ3n) is 4.86. The number of carbonyl (C=O) groups excluding carboxylic acids is 4. The summed E-state index contributed by atoms with van der Waals surface area (Å²) in [6.45, 7) is -0.603. The number of hydrazine groups is 1. The lowest BCUT2D eigenvalue weighted by Gasteiger charge is -2.29.